The lowest BCUT2D eigenvalue weighted by atomic mass is 10.1. The second-order valence-corrected chi connectivity index (χ2v) is 4.38. The Morgan fingerprint density at radius 1 is 1.54 bits per heavy atom. The predicted molar refractivity (Wildman–Crippen MR) is 54.5 cm³/mol. The van der Waals surface area contributed by atoms with Gasteiger partial charge in [-0.25, -0.2) is 9.97 Å². The molecule has 1 aliphatic rings. The highest BCUT2D eigenvalue weighted by Crippen LogP contribution is 2.26. The van der Waals surface area contributed by atoms with Gasteiger partial charge in [0, 0.05) is 23.1 Å². The van der Waals surface area contributed by atoms with E-state index in [1.807, 2.05) is 18.7 Å². The quantitative estimate of drug-likeness (QED) is 0.733. The minimum Gasteiger partial charge on any atom is -0.323 e. The van der Waals surface area contributed by atoms with Crippen LogP contribution in [-0.2, 0) is 12.2 Å². The molecular weight excluding hydrogens is 182 g/mol. The minimum atomic E-state index is 0.0236. The number of aryl methyl sites for hydroxylation is 1. The lowest BCUT2D eigenvalue weighted by Gasteiger charge is -2.18. The van der Waals surface area contributed by atoms with Gasteiger partial charge in [-0.05, 0) is 19.1 Å². The first-order chi connectivity index (χ1) is 6.29. The van der Waals surface area contributed by atoms with Gasteiger partial charge >= 0.3 is 0 Å². The highest BCUT2D eigenvalue weighted by atomic mass is 32.2. The maximum absolute atomic E-state index is 5.84. The van der Waals surface area contributed by atoms with Crippen molar-refractivity contribution in [3.8, 4) is 0 Å². The smallest absolute Gasteiger partial charge is 0.116 e. The number of thioether (sulfide) groups is 1. The van der Waals surface area contributed by atoms with Gasteiger partial charge in [0.2, 0.25) is 0 Å². The summed E-state index contributed by atoms with van der Waals surface area (Å²) in [6.45, 7) is 1.97. The summed E-state index contributed by atoms with van der Waals surface area (Å²) in [7, 11) is 0. The molecule has 1 aromatic rings. The molecule has 0 bridgehead atoms. The van der Waals surface area contributed by atoms with E-state index in [2.05, 4.69) is 9.97 Å². The summed E-state index contributed by atoms with van der Waals surface area (Å²) < 4.78 is 0. The normalized spacial score (nSPS) is 18.0. The third kappa shape index (κ3) is 1.69. The zero-order valence-electron chi connectivity index (χ0n) is 7.66. The molecule has 0 radical (unpaired) electrons. The standard InChI is InChI=1S/C9H13N3S/c1-6(10)9-7-4-13-3-2-8(7)11-5-12-9/h5-6H,2-4,10H2,1H3. The van der Waals surface area contributed by atoms with Crippen LogP contribution in [0, 0.1) is 0 Å². The van der Waals surface area contributed by atoms with E-state index in [1.165, 1.54) is 17.0 Å². The molecule has 1 aliphatic heterocycles. The van der Waals surface area contributed by atoms with E-state index in [4.69, 9.17) is 5.73 Å². The average molecular weight is 195 g/mol. The molecule has 1 unspecified atom stereocenters. The molecule has 0 fully saturated rings. The van der Waals surface area contributed by atoms with Gasteiger partial charge in [-0.2, -0.15) is 11.8 Å². The molecule has 2 N–H and O–H groups in total. The fourth-order valence-corrected chi connectivity index (χ4v) is 2.57. The van der Waals surface area contributed by atoms with Crippen molar-refractivity contribution < 1.29 is 0 Å². The van der Waals surface area contributed by atoms with Gasteiger partial charge in [0.1, 0.15) is 6.33 Å². The van der Waals surface area contributed by atoms with Gasteiger partial charge < -0.3 is 5.73 Å². The Bertz CT molecular complexity index is 312. The maximum Gasteiger partial charge on any atom is 0.116 e. The van der Waals surface area contributed by atoms with Crippen LogP contribution in [-0.4, -0.2) is 15.7 Å². The first-order valence-electron chi connectivity index (χ1n) is 4.45. The zero-order valence-corrected chi connectivity index (χ0v) is 8.47. The Balaban J connectivity index is 2.46. The van der Waals surface area contributed by atoms with E-state index in [0.717, 1.165) is 17.9 Å². The van der Waals surface area contributed by atoms with Gasteiger partial charge in [-0.3, -0.25) is 0 Å². The Morgan fingerprint density at radius 2 is 2.38 bits per heavy atom. The van der Waals surface area contributed by atoms with Gasteiger partial charge in [0.05, 0.1) is 5.69 Å². The Labute approximate surface area is 82.2 Å². The summed E-state index contributed by atoms with van der Waals surface area (Å²) in [5.74, 6) is 2.19. The summed E-state index contributed by atoms with van der Waals surface area (Å²) in [5, 5.41) is 0. The van der Waals surface area contributed by atoms with E-state index in [-0.39, 0.29) is 6.04 Å². The van der Waals surface area contributed by atoms with Crippen LogP contribution in [0.2, 0.25) is 0 Å². The van der Waals surface area contributed by atoms with Crippen molar-refractivity contribution in [3.05, 3.63) is 23.3 Å². The number of hydrogen-bond acceptors (Lipinski definition) is 4. The van der Waals surface area contributed by atoms with Gasteiger partial charge in [0.15, 0.2) is 0 Å². The fourth-order valence-electron chi connectivity index (χ4n) is 1.57. The molecule has 0 saturated heterocycles. The van der Waals surface area contributed by atoms with Crippen molar-refractivity contribution in [2.24, 2.45) is 5.73 Å². The van der Waals surface area contributed by atoms with Crippen molar-refractivity contribution in [3.63, 3.8) is 0 Å². The molecule has 2 heterocycles. The number of rotatable bonds is 1. The summed E-state index contributed by atoms with van der Waals surface area (Å²) >= 11 is 1.93. The molecule has 1 atom stereocenters. The lowest BCUT2D eigenvalue weighted by molar-refractivity contribution is 0.749. The number of nitrogens with zero attached hydrogens (tertiary/aromatic N) is 2. The molecule has 2 rings (SSSR count). The topological polar surface area (TPSA) is 51.8 Å². The molecule has 3 nitrogen and oxygen atoms in total. The minimum absolute atomic E-state index is 0.0236. The fraction of sp³-hybridized carbons (Fsp3) is 0.556. The predicted octanol–water partition coefficient (Wildman–Crippen LogP) is 1.29. The third-order valence-electron chi connectivity index (χ3n) is 2.23. The average Bonchev–Trinajstić information content (AvgIpc) is 2.17. The SMILES string of the molecule is CC(N)c1ncnc2c1CSCC2. The lowest BCUT2D eigenvalue weighted by Crippen LogP contribution is -2.16. The molecule has 0 aliphatic carbocycles. The van der Waals surface area contributed by atoms with Crippen LogP contribution in [0.3, 0.4) is 0 Å². The number of aromatic nitrogens is 2. The number of nitrogens with two attached hydrogens (primary N) is 1. The van der Waals surface area contributed by atoms with E-state index < -0.39 is 0 Å². The number of fused-ring (bicyclic) bond motifs is 1. The molecule has 0 aromatic carbocycles. The van der Waals surface area contributed by atoms with Crippen molar-refractivity contribution in [1.82, 2.24) is 9.97 Å². The maximum atomic E-state index is 5.84. The highest BCUT2D eigenvalue weighted by Gasteiger charge is 2.17. The summed E-state index contributed by atoms with van der Waals surface area (Å²) in [6, 6.07) is 0.0236. The van der Waals surface area contributed by atoms with Gasteiger partial charge in [0.25, 0.3) is 0 Å². The van der Waals surface area contributed by atoms with Crippen LogP contribution in [0.5, 0.6) is 0 Å². The first kappa shape index (κ1) is 8.97. The largest absolute Gasteiger partial charge is 0.323 e. The zero-order chi connectivity index (χ0) is 9.26. The summed E-state index contributed by atoms with van der Waals surface area (Å²) in [5.41, 5.74) is 9.33. The van der Waals surface area contributed by atoms with E-state index in [1.54, 1.807) is 6.33 Å². The molecule has 0 saturated carbocycles. The number of hydrogen-bond donors (Lipinski definition) is 1. The van der Waals surface area contributed by atoms with Crippen LogP contribution in [0.4, 0.5) is 0 Å². The Kier molecular flexibility index (Phi) is 2.51. The van der Waals surface area contributed by atoms with Crippen molar-refractivity contribution >= 4 is 11.8 Å². The van der Waals surface area contributed by atoms with E-state index in [9.17, 15) is 0 Å². The molecule has 4 heteroatoms. The molecule has 1 aromatic heterocycles. The second kappa shape index (κ2) is 3.64. The molecule has 70 valence electrons. The van der Waals surface area contributed by atoms with Crippen LogP contribution < -0.4 is 5.73 Å². The van der Waals surface area contributed by atoms with E-state index >= 15 is 0 Å². The van der Waals surface area contributed by atoms with Crippen LogP contribution in [0.25, 0.3) is 0 Å². The first-order valence-corrected chi connectivity index (χ1v) is 5.60. The van der Waals surface area contributed by atoms with Crippen molar-refractivity contribution in [2.45, 2.75) is 25.1 Å². The van der Waals surface area contributed by atoms with Gasteiger partial charge in [-0.1, -0.05) is 0 Å². The third-order valence-corrected chi connectivity index (χ3v) is 3.21. The summed E-state index contributed by atoms with van der Waals surface area (Å²) in [4.78, 5) is 8.52. The van der Waals surface area contributed by atoms with Gasteiger partial charge in [-0.15, -0.1) is 0 Å². The Morgan fingerprint density at radius 3 is 3.15 bits per heavy atom. The van der Waals surface area contributed by atoms with Crippen LogP contribution in [0.15, 0.2) is 6.33 Å². The molecule has 0 amide bonds. The van der Waals surface area contributed by atoms with E-state index in [0.29, 0.717) is 0 Å². The second-order valence-electron chi connectivity index (χ2n) is 3.28. The molecule has 13 heavy (non-hydrogen) atoms. The molecule has 0 spiro atoms. The monoisotopic (exact) mass is 195 g/mol. The molecular formula is C9H13N3S. The van der Waals surface area contributed by atoms with Crippen LogP contribution >= 0.6 is 11.8 Å². The summed E-state index contributed by atoms with van der Waals surface area (Å²) in [6.07, 6.45) is 2.69. The van der Waals surface area contributed by atoms with Crippen molar-refractivity contribution in [1.29, 1.82) is 0 Å². The van der Waals surface area contributed by atoms with Crippen LogP contribution in [0.1, 0.15) is 29.9 Å². The Hall–Kier alpha value is -0.610. The van der Waals surface area contributed by atoms with Crippen molar-refractivity contribution in [2.75, 3.05) is 5.75 Å². The highest BCUT2D eigenvalue weighted by molar-refractivity contribution is 7.98.